The van der Waals surface area contributed by atoms with Crippen LogP contribution in [0.1, 0.15) is 65.2 Å². The van der Waals surface area contributed by atoms with Crippen molar-refractivity contribution in [3.8, 4) is 0 Å². The normalized spacial score (nSPS) is 10.6. The minimum atomic E-state index is -0.631. The minimum Gasteiger partial charge on any atom is -0.247 e. The number of hydrogen-bond donors (Lipinski definition) is 0. The number of carbonyl (C=O) groups is 2. The van der Waals surface area contributed by atoms with Crippen LogP contribution in [0, 0.1) is 0 Å². The molecule has 0 N–H and O–H groups in total. The van der Waals surface area contributed by atoms with Gasteiger partial charge in [-0.05, 0) is 19.3 Å². The SMILES string of the molecule is CCCCCCC/C=C/C(=O)OOC(=O)CCC. The highest BCUT2D eigenvalue weighted by molar-refractivity contribution is 5.82. The van der Waals surface area contributed by atoms with E-state index in [1.807, 2.05) is 6.92 Å². The van der Waals surface area contributed by atoms with Crippen LogP contribution in [0.5, 0.6) is 0 Å². The Morgan fingerprint density at radius 3 is 2.33 bits per heavy atom. The Bertz CT molecular complexity index is 259. The minimum absolute atomic E-state index is 0.258. The molecular formula is C14H24O4. The molecule has 0 radical (unpaired) electrons. The average Bonchev–Trinajstić information content (AvgIpc) is 2.35. The van der Waals surface area contributed by atoms with Crippen LogP contribution in [-0.4, -0.2) is 11.9 Å². The molecule has 0 aliphatic rings. The smallest absolute Gasteiger partial charge is 0.247 e. The Hall–Kier alpha value is -1.32. The zero-order chi connectivity index (χ0) is 13.6. The summed E-state index contributed by atoms with van der Waals surface area (Å²) in [5.74, 6) is -1.15. The zero-order valence-electron chi connectivity index (χ0n) is 11.4. The summed E-state index contributed by atoms with van der Waals surface area (Å²) in [6.07, 6.45) is 10.8. The molecule has 0 rings (SSSR count). The summed E-state index contributed by atoms with van der Waals surface area (Å²) in [5, 5.41) is 0. The summed E-state index contributed by atoms with van der Waals surface area (Å²) in [4.78, 5) is 30.6. The highest BCUT2D eigenvalue weighted by Gasteiger charge is 2.05. The van der Waals surface area contributed by atoms with Crippen LogP contribution < -0.4 is 0 Å². The molecule has 0 fully saturated rings. The molecule has 0 amide bonds. The third-order valence-corrected chi connectivity index (χ3v) is 2.40. The highest BCUT2D eigenvalue weighted by Crippen LogP contribution is 2.05. The van der Waals surface area contributed by atoms with E-state index >= 15 is 0 Å². The molecular weight excluding hydrogens is 232 g/mol. The van der Waals surface area contributed by atoms with Crippen molar-refractivity contribution in [1.82, 2.24) is 0 Å². The first-order valence-corrected chi connectivity index (χ1v) is 6.78. The molecule has 0 atom stereocenters. The van der Waals surface area contributed by atoms with E-state index in [9.17, 15) is 9.59 Å². The fraction of sp³-hybridized carbons (Fsp3) is 0.714. The quantitative estimate of drug-likeness (QED) is 0.273. The van der Waals surface area contributed by atoms with Crippen LogP contribution >= 0.6 is 0 Å². The van der Waals surface area contributed by atoms with Crippen molar-refractivity contribution in [1.29, 1.82) is 0 Å². The van der Waals surface area contributed by atoms with E-state index in [-0.39, 0.29) is 6.42 Å². The molecule has 104 valence electrons. The predicted octanol–water partition coefficient (Wildman–Crippen LogP) is 3.70. The van der Waals surface area contributed by atoms with Gasteiger partial charge in [0.1, 0.15) is 0 Å². The topological polar surface area (TPSA) is 52.6 Å². The lowest BCUT2D eigenvalue weighted by Gasteiger charge is -1.99. The number of unbranched alkanes of at least 4 members (excludes halogenated alkanes) is 5. The van der Waals surface area contributed by atoms with Crippen molar-refractivity contribution >= 4 is 11.9 Å². The van der Waals surface area contributed by atoms with E-state index in [4.69, 9.17) is 0 Å². The first-order valence-electron chi connectivity index (χ1n) is 6.78. The van der Waals surface area contributed by atoms with E-state index in [1.165, 1.54) is 31.8 Å². The Morgan fingerprint density at radius 2 is 1.67 bits per heavy atom. The van der Waals surface area contributed by atoms with Gasteiger partial charge in [0.05, 0.1) is 0 Å². The second-order valence-electron chi connectivity index (χ2n) is 4.21. The van der Waals surface area contributed by atoms with Crippen LogP contribution in [0.15, 0.2) is 12.2 Å². The number of carbonyl (C=O) groups excluding carboxylic acids is 2. The maximum absolute atomic E-state index is 11.1. The van der Waals surface area contributed by atoms with Gasteiger partial charge in [0, 0.05) is 12.5 Å². The van der Waals surface area contributed by atoms with Gasteiger partial charge in [-0.2, -0.15) is 0 Å². The first kappa shape index (κ1) is 16.7. The molecule has 0 unspecified atom stereocenters. The molecule has 4 heteroatoms. The van der Waals surface area contributed by atoms with Gasteiger partial charge < -0.3 is 0 Å². The molecule has 0 aliphatic carbocycles. The van der Waals surface area contributed by atoms with Crippen molar-refractivity contribution in [3.63, 3.8) is 0 Å². The molecule has 0 aromatic carbocycles. The van der Waals surface area contributed by atoms with Gasteiger partial charge >= 0.3 is 11.9 Å². The molecule has 0 aromatic rings. The van der Waals surface area contributed by atoms with Gasteiger partial charge in [0.2, 0.25) is 0 Å². The van der Waals surface area contributed by atoms with Gasteiger partial charge in [-0.25, -0.2) is 19.4 Å². The molecule has 4 nitrogen and oxygen atoms in total. The van der Waals surface area contributed by atoms with E-state index < -0.39 is 11.9 Å². The largest absolute Gasteiger partial charge is 0.378 e. The Kier molecular flexibility index (Phi) is 11.3. The summed E-state index contributed by atoms with van der Waals surface area (Å²) >= 11 is 0. The van der Waals surface area contributed by atoms with Crippen molar-refractivity contribution < 1.29 is 19.4 Å². The molecule has 0 saturated carbocycles. The molecule has 18 heavy (non-hydrogen) atoms. The average molecular weight is 256 g/mol. The summed E-state index contributed by atoms with van der Waals surface area (Å²) in [6.45, 7) is 4.03. The van der Waals surface area contributed by atoms with Gasteiger partial charge in [-0.15, -0.1) is 0 Å². The summed E-state index contributed by atoms with van der Waals surface area (Å²) in [7, 11) is 0. The van der Waals surface area contributed by atoms with Crippen molar-refractivity contribution in [2.75, 3.05) is 0 Å². The second-order valence-corrected chi connectivity index (χ2v) is 4.21. The van der Waals surface area contributed by atoms with Crippen LogP contribution in [0.4, 0.5) is 0 Å². The first-order chi connectivity index (χ1) is 8.70. The predicted molar refractivity (Wildman–Crippen MR) is 69.6 cm³/mol. The molecule has 0 heterocycles. The monoisotopic (exact) mass is 256 g/mol. The van der Waals surface area contributed by atoms with Crippen molar-refractivity contribution in [2.45, 2.75) is 65.2 Å². The van der Waals surface area contributed by atoms with Crippen molar-refractivity contribution in [2.24, 2.45) is 0 Å². The Balaban J connectivity index is 3.47. The van der Waals surface area contributed by atoms with Crippen LogP contribution in [0.3, 0.4) is 0 Å². The lowest BCUT2D eigenvalue weighted by Crippen LogP contribution is -2.08. The van der Waals surface area contributed by atoms with Gasteiger partial charge in [0.25, 0.3) is 0 Å². The standard InChI is InChI=1S/C14H24O4/c1-3-5-6-7-8-9-10-12-14(16)18-17-13(15)11-4-2/h10,12H,3-9,11H2,1-2H3/b12-10+. The van der Waals surface area contributed by atoms with E-state index in [2.05, 4.69) is 16.7 Å². The van der Waals surface area contributed by atoms with Crippen LogP contribution in [0.25, 0.3) is 0 Å². The maximum atomic E-state index is 11.1. The number of hydrogen-bond acceptors (Lipinski definition) is 4. The van der Waals surface area contributed by atoms with E-state index in [0.29, 0.717) is 6.42 Å². The molecule has 0 aromatic heterocycles. The van der Waals surface area contributed by atoms with Crippen molar-refractivity contribution in [3.05, 3.63) is 12.2 Å². The number of allylic oxidation sites excluding steroid dienone is 1. The molecule has 0 bridgehead atoms. The highest BCUT2D eigenvalue weighted by atomic mass is 17.2. The second kappa shape index (κ2) is 12.1. The summed E-state index contributed by atoms with van der Waals surface area (Å²) in [6, 6.07) is 0. The molecule has 0 aliphatic heterocycles. The van der Waals surface area contributed by atoms with E-state index in [1.54, 1.807) is 6.08 Å². The third-order valence-electron chi connectivity index (χ3n) is 2.40. The fourth-order valence-electron chi connectivity index (χ4n) is 1.41. The van der Waals surface area contributed by atoms with Crippen LogP contribution in [-0.2, 0) is 19.4 Å². The lowest BCUT2D eigenvalue weighted by atomic mass is 10.1. The number of rotatable bonds is 9. The van der Waals surface area contributed by atoms with Gasteiger partial charge in [-0.3, -0.25) is 0 Å². The molecule has 0 spiro atoms. The summed E-state index contributed by atoms with van der Waals surface area (Å²) in [5.41, 5.74) is 0. The van der Waals surface area contributed by atoms with E-state index in [0.717, 1.165) is 12.8 Å². The Labute approximate surface area is 109 Å². The third kappa shape index (κ3) is 11.2. The van der Waals surface area contributed by atoms with Gasteiger partial charge in [0.15, 0.2) is 0 Å². The van der Waals surface area contributed by atoms with Gasteiger partial charge in [-0.1, -0.05) is 45.6 Å². The maximum Gasteiger partial charge on any atom is 0.378 e. The van der Waals surface area contributed by atoms with Crippen LogP contribution in [0.2, 0.25) is 0 Å². The molecule has 0 saturated heterocycles. The Morgan fingerprint density at radius 1 is 0.944 bits per heavy atom. The summed E-state index contributed by atoms with van der Waals surface area (Å²) < 4.78 is 0. The zero-order valence-corrected chi connectivity index (χ0v) is 11.4. The fourth-order valence-corrected chi connectivity index (χ4v) is 1.41. The lowest BCUT2D eigenvalue weighted by molar-refractivity contribution is -0.254.